The van der Waals surface area contributed by atoms with Crippen LogP contribution in [-0.4, -0.2) is 37.0 Å². The number of amides is 2. The second-order valence-electron chi connectivity index (χ2n) is 3.84. The van der Waals surface area contributed by atoms with Gasteiger partial charge in [-0.15, -0.1) is 0 Å². The summed E-state index contributed by atoms with van der Waals surface area (Å²) in [5.41, 5.74) is 0. The molecular formula is C9H15N3O2. The number of rotatable bonds is 3. The van der Waals surface area contributed by atoms with Crippen molar-refractivity contribution in [2.24, 2.45) is 0 Å². The molecule has 0 spiro atoms. The van der Waals surface area contributed by atoms with Gasteiger partial charge in [0.05, 0.1) is 12.5 Å². The summed E-state index contributed by atoms with van der Waals surface area (Å²) in [5, 5.41) is 8.61. The molecule has 2 fully saturated rings. The molecule has 1 saturated carbocycles. The summed E-state index contributed by atoms with van der Waals surface area (Å²) >= 11 is 0. The molecule has 5 nitrogen and oxygen atoms in total. The fourth-order valence-electron chi connectivity index (χ4n) is 1.51. The summed E-state index contributed by atoms with van der Waals surface area (Å²) < 4.78 is 0. The van der Waals surface area contributed by atoms with E-state index in [2.05, 4.69) is 16.0 Å². The summed E-state index contributed by atoms with van der Waals surface area (Å²) in [6.07, 6.45) is 2.41. The number of piperazine rings is 1. The molecule has 2 aliphatic rings. The normalized spacial score (nSPS) is 26.9. The molecule has 0 aromatic heterocycles. The molecule has 1 saturated heterocycles. The third-order valence-corrected chi connectivity index (χ3v) is 2.46. The summed E-state index contributed by atoms with van der Waals surface area (Å²) in [6.45, 7) is 1.40. The fourth-order valence-corrected chi connectivity index (χ4v) is 1.51. The van der Waals surface area contributed by atoms with Crippen LogP contribution in [0.5, 0.6) is 0 Å². The first-order chi connectivity index (χ1) is 6.75. The van der Waals surface area contributed by atoms with Crippen molar-refractivity contribution in [1.29, 1.82) is 0 Å². The van der Waals surface area contributed by atoms with Crippen LogP contribution >= 0.6 is 0 Å². The summed E-state index contributed by atoms with van der Waals surface area (Å²) in [5.74, 6) is -0.0933. The molecule has 78 valence electrons. The van der Waals surface area contributed by atoms with E-state index in [0.29, 0.717) is 12.6 Å². The van der Waals surface area contributed by atoms with Crippen molar-refractivity contribution in [3.63, 3.8) is 0 Å². The Bertz CT molecular complexity index is 250. The van der Waals surface area contributed by atoms with E-state index in [9.17, 15) is 9.59 Å². The fraction of sp³-hybridized carbons (Fsp3) is 0.778. The molecule has 14 heavy (non-hydrogen) atoms. The highest BCUT2D eigenvalue weighted by Crippen LogP contribution is 2.18. The lowest BCUT2D eigenvalue weighted by Gasteiger charge is -2.22. The zero-order valence-electron chi connectivity index (χ0n) is 8.01. The average molecular weight is 197 g/mol. The molecule has 0 aromatic rings. The first-order valence-electron chi connectivity index (χ1n) is 5.06. The van der Waals surface area contributed by atoms with Crippen LogP contribution in [-0.2, 0) is 9.59 Å². The van der Waals surface area contributed by atoms with E-state index in [-0.39, 0.29) is 24.3 Å². The van der Waals surface area contributed by atoms with Crippen LogP contribution in [0, 0.1) is 0 Å². The monoisotopic (exact) mass is 197 g/mol. The molecule has 2 amide bonds. The quantitative estimate of drug-likeness (QED) is 0.529. The van der Waals surface area contributed by atoms with Gasteiger partial charge in [-0.3, -0.25) is 9.59 Å². The lowest BCUT2D eigenvalue weighted by Crippen LogP contribution is -2.54. The predicted molar refractivity (Wildman–Crippen MR) is 50.6 cm³/mol. The molecule has 0 unspecified atom stereocenters. The topological polar surface area (TPSA) is 70.2 Å². The number of nitrogens with one attached hydrogen (secondary N) is 3. The zero-order valence-corrected chi connectivity index (χ0v) is 8.01. The first-order valence-corrected chi connectivity index (χ1v) is 5.06. The smallest absolute Gasteiger partial charge is 0.237 e. The van der Waals surface area contributed by atoms with E-state index in [0.717, 1.165) is 19.4 Å². The molecular weight excluding hydrogens is 182 g/mol. The first kappa shape index (κ1) is 9.45. The van der Waals surface area contributed by atoms with Gasteiger partial charge in [0.15, 0.2) is 0 Å². The van der Waals surface area contributed by atoms with E-state index in [1.54, 1.807) is 0 Å². The Hall–Kier alpha value is -1.10. The Balaban J connectivity index is 1.76. The molecule has 0 aromatic carbocycles. The van der Waals surface area contributed by atoms with Crippen LogP contribution in [0.1, 0.15) is 19.3 Å². The van der Waals surface area contributed by atoms with Crippen molar-refractivity contribution in [3.8, 4) is 0 Å². The van der Waals surface area contributed by atoms with Crippen LogP contribution in [0.25, 0.3) is 0 Å². The van der Waals surface area contributed by atoms with Crippen LogP contribution in [0.3, 0.4) is 0 Å². The van der Waals surface area contributed by atoms with Crippen LogP contribution in [0.2, 0.25) is 0 Å². The van der Waals surface area contributed by atoms with Crippen molar-refractivity contribution in [3.05, 3.63) is 0 Å². The van der Waals surface area contributed by atoms with E-state index in [4.69, 9.17) is 0 Å². The predicted octanol–water partition coefficient (Wildman–Crippen LogP) is -1.26. The second-order valence-corrected chi connectivity index (χ2v) is 3.84. The van der Waals surface area contributed by atoms with Crippen LogP contribution < -0.4 is 16.0 Å². The van der Waals surface area contributed by atoms with Crippen molar-refractivity contribution in [2.75, 3.05) is 13.1 Å². The Kier molecular flexibility index (Phi) is 2.67. The lowest BCUT2D eigenvalue weighted by molar-refractivity contribution is -0.129. The summed E-state index contributed by atoms with van der Waals surface area (Å²) in [7, 11) is 0. The molecule has 5 heteroatoms. The van der Waals surface area contributed by atoms with Crippen molar-refractivity contribution in [2.45, 2.75) is 31.3 Å². The van der Waals surface area contributed by atoms with Gasteiger partial charge < -0.3 is 16.0 Å². The maximum Gasteiger partial charge on any atom is 0.237 e. The highest BCUT2D eigenvalue weighted by molar-refractivity contribution is 5.88. The maximum atomic E-state index is 11.4. The Morgan fingerprint density at radius 1 is 1.43 bits per heavy atom. The van der Waals surface area contributed by atoms with E-state index >= 15 is 0 Å². The van der Waals surface area contributed by atoms with Gasteiger partial charge in [-0.2, -0.15) is 0 Å². The number of hydrogen-bond acceptors (Lipinski definition) is 3. The Morgan fingerprint density at radius 2 is 2.21 bits per heavy atom. The summed E-state index contributed by atoms with van der Waals surface area (Å²) in [6, 6.07) is 0.0247. The molecule has 0 radical (unpaired) electrons. The van der Waals surface area contributed by atoms with Gasteiger partial charge in [-0.05, 0) is 12.8 Å². The van der Waals surface area contributed by atoms with Crippen LogP contribution in [0.4, 0.5) is 0 Å². The van der Waals surface area contributed by atoms with Gasteiger partial charge in [0.2, 0.25) is 11.8 Å². The number of hydrogen-bond donors (Lipinski definition) is 3. The van der Waals surface area contributed by atoms with Gasteiger partial charge >= 0.3 is 0 Å². The second kappa shape index (κ2) is 3.96. The van der Waals surface area contributed by atoms with Crippen molar-refractivity contribution in [1.82, 2.24) is 16.0 Å². The van der Waals surface area contributed by atoms with Gasteiger partial charge in [-0.1, -0.05) is 0 Å². The van der Waals surface area contributed by atoms with E-state index < -0.39 is 0 Å². The van der Waals surface area contributed by atoms with E-state index in [1.807, 2.05) is 0 Å². The highest BCUT2D eigenvalue weighted by Gasteiger charge is 2.27. The maximum absolute atomic E-state index is 11.4. The third-order valence-electron chi connectivity index (χ3n) is 2.46. The zero-order chi connectivity index (χ0) is 9.97. The summed E-state index contributed by atoms with van der Waals surface area (Å²) in [4.78, 5) is 22.7. The molecule has 1 aliphatic heterocycles. The SMILES string of the molecule is O=C(C[C@@H]1NCCNC1=O)NC1CC1. The third kappa shape index (κ3) is 2.45. The van der Waals surface area contributed by atoms with E-state index in [1.165, 1.54) is 0 Å². The molecule has 1 atom stereocenters. The standard InChI is InChI=1S/C9H15N3O2/c13-8(12-6-1-2-6)5-7-9(14)11-4-3-10-7/h6-7,10H,1-5H2,(H,11,14)(H,12,13)/t7-/m0/s1. The van der Waals surface area contributed by atoms with Gasteiger partial charge in [-0.25, -0.2) is 0 Å². The molecule has 3 N–H and O–H groups in total. The number of carbonyl (C=O) groups is 2. The average Bonchev–Trinajstić information content (AvgIpc) is 2.93. The highest BCUT2D eigenvalue weighted by atomic mass is 16.2. The van der Waals surface area contributed by atoms with Crippen molar-refractivity contribution >= 4 is 11.8 Å². The van der Waals surface area contributed by atoms with Gasteiger partial charge in [0.25, 0.3) is 0 Å². The molecule has 1 heterocycles. The Morgan fingerprint density at radius 3 is 2.86 bits per heavy atom. The largest absolute Gasteiger partial charge is 0.353 e. The minimum Gasteiger partial charge on any atom is -0.353 e. The minimum absolute atomic E-state index is 0.0259. The Labute approximate surface area is 82.6 Å². The lowest BCUT2D eigenvalue weighted by atomic mass is 10.1. The van der Waals surface area contributed by atoms with Crippen LogP contribution in [0.15, 0.2) is 0 Å². The minimum atomic E-state index is -0.345. The van der Waals surface area contributed by atoms with Gasteiger partial charge in [0.1, 0.15) is 0 Å². The molecule has 1 aliphatic carbocycles. The molecule has 0 bridgehead atoms. The molecule has 2 rings (SSSR count). The van der Waals surface area contributed by atoms with Crippen molar-refractivity contribution < 1.29 is 9.59 Å². The van der Waals surface area contributed by atoms with Gasteiger partial charge in [0, 0.05) is 19.1 Å². The number of carbonyl (C=O) groups excluding carboxylic acids is 2.